The van der Waals surface area contributed by atoms with Crippen molar-refractivity contribution in [3.63, 3.8) is 0 Å². The van der Waals surface area contributed by atoms with Crippen molar-refractivity contribution in [3.8, 4) is 0 Å². The summed E-state index contributed by atoms with van der Waals surface area (Å²) in [6.45, 7) is 1.62. The number of amides is 4. The molecule has 3 aliphatic heterocycles. The fourth-order valence-corrected chi connectivity index (χ4v) is 5.41. The van der Waals surface area contributed by atoms with Crippen molar-refractivity contribution in [3.05, 3.63) is 64.7 Å². The first-order chi connectivity index (χ1) is 18.1. The quantitative estimate of drug-likeness (QED) is 0.446. The van der Waals surface area contributed by atoms with Crippen molar-refractivity contribution in [2.75, 3.05) is 18.0 Å². The van der Waals surface area contributed by atoms with Crippen LogP contribution in [-0.4, -0.2) is 54.9 Å². The van der Waals surface area contributed by atoms with Gasteiger partial charge in [0.05, 0.1) is 5.44 Å². The molecule has 0 spiro atoms. The van der Waals surface area contributed by atoms with Gasteiger partial charge in [-0.05, 0) is 55.0 Å². The van der Waals surface area contributed by atoms with Crippen LogP contribution in [0, 0.1) is 0 Å². The van der Waals surface area contributed by atoms with Crippen LogP contribution in [-0.2, 0) is 33.4 Å². The number of anilines is 1. The Balaban J connectivity index is 1.26. The van der Waals surface area contributed by atoms with E-state index in [0.717, 1.165) is 32.4 Å². The van der Waals surface area contributed by atoms with Crippen molar-refractivity contribution in [1.29, 1.82) is 0 Å². The molecule has 2 saturated heterocycles. The van der Waals surface area contributed by atoms with Gasteiger partial charge in [0.25, 0.3) is 11.8 Å². The van der Waals surface area contributed by atoms with Crippen molar-refractivity contribution in [1.82, 2.24) is 15.5 Å². The predicted molar refractivity (Wildman–Crippen MR) is 138 cm³/mol. The zero-order valence-electron chi connectivity index (χ0n) is 21.2. The number of alkyl halides is 2. The highest BCUT2D eigenvalue weighted by atomic mass is 19.3. The molecule has 38 heavy (non-hydrogen) atoms. The smallest absolute Gasteiger partial charge is 0.349 e. The number of nitrogens with zero attached hydrogens (tertiary/aromatic N) is 2. The number of imide groups is 1. The van der Waals surface area contributed by atoms with Gasteiger partial charge >= 0.3 is 5.92 Å². The maximum Gasteiger partial charge on any atom is 0.349 e. The first-order valence-electron chi connectivity index (χ1n) is 12.9. The number of nitrogens with one attached hydrogen (secondary N) is 2. The summed E-state index contributed by atoms with van der Waals surface area (Å²) in [6.07, 6.45) is 3.50. The minimum absolute atomic E-state index is 0.134. The summed E-state index contributed by atoms with van der Waals surface area (Å²) in [7, 11) is 1.63. The molecule has 3 heterocycles. The van der Waals surface area contributed by atoms with Crippen molar-refractivity contribution >= 4 is 37.2 Å². The number of fused-ring (bicyclic) bond motifs is 1. The van der Waals surface area contributed by atoms with Gasteiger partial charge in [0.2, 0.25) is 11.8 Å². The summed E-state index contributed by atoms with van der Waals surface area (Å²) < 4.78 is 30.2. The second-order valence-corrected chi connectivity index (χ2v) is 10.4. The van der Waals surface area contributed by atoms with Gasteiger partial charge in [-0.15, -0.1) is 0 Å². The van der Waals surface area contributed by atoms with Gasteiger partial charge in [-0.25, -0.2) is 0 Å². The van der Waals surface area contributed by atoms with Crippen LogP contribution in [0.4, 0.5) is 14.5 Å². The highest BCUT2D eigenvalue weighted by molar-refractivity contribution is 6.32. The lowest BCUT2D eigenvalue weighted by atomic mass is 9.70. The molecular formula is C27H29BF2N4O4. The van der Waals surface area contributed by atoms with Crippen LogP contribution < -0.4 is 15.5 Å². The zero-order valence-corrected chi connectivity index (χ0v) is 21.2. The lowest BCUT2D eigenvalue weighted by Gasteiger charge is -2.39. The number of piperidine rings is 2. The van der Waals surface area contributed by atoms with Gasteiger partial charge in [-0.3, -0.25) is 24.5 Å². The number of halogens is 2. The molecule has 5 rings (SSSR count). The summed E-state index contributed by atoms with van der Waals surface area (Å²) in [6, 6.07) is 10.8. The van der Waals surface area contributed by atoms with Gasteiger partial charge in [0.15, 0.2) is 0 Å². The van der Waals surface area contributed by atoms with Crippen LogP contribution in [0.5, 0.6) is 0 Å². The Hall–Kier alpha value is -3.76. The summed E-state index contributed by atoms with van der Waals surface area (Å²) in [5.41, 5.74) is 0.763. The molecule has 0 radical (unpaired) electrons. The first kappa shape index (κ1) is 25.9. The maximum absolute atomic E-state index is 15.1. The van der Waals surface area contributed by atoms with Crippen LogP contribution in [0.3, 0.4) is 0 Å². The van der Waals surface area contributed by atoms with E-state index in [2.05, 4.69) is 15.5 Å². The van der Waals surface area contributed by atoms with E-state index in [1.807, 2.05) is 0 Å². The normalized spacial score (nSPS) is 21.8. The highest BCUT2D eigenvalue weighted by Gasteiger charge is 2.48. The SMILES string of the molecule is B[C@]1(N2Cc3cc(CNC(=O)C(F)(F)c4cccc(N5CCCCC5)c4)ccc3C2=O)CCC(=O)NC1=O. The molecule has 2 fully saturated rings. The van der Waals surface area contributed by atoms with Gasteiger partial charge < -0.3 is 15.1 Å². The number of hydrogen-bond donors (Lipinski definition) is 2. The lowest BCUT2D eigenvalue weighted by molar-refractivity contribution is -0.147. The minimum Gasteiger partial charge on any atom is -0.372 e. The molecule has 0 unspecified atom stereocenters. The van der Waals surface area contributed by atoms with Crippen LogP contribution >= 0.6 is 0 Å². The van der Waals surface area contributed by atoms with E-state index in [1.165, 1.54) is 17.0 Å². The summed E-state index contributed by atoms with van der Waals surface area (Å²) in [5, 5.41) is 4.63. The second-order valence-electron chi connectivity index (χ2n) is 10.4. The summed E-state index contributed by atoms with van der Waals surface area (Å²) in [4.78, 5) is 53.2. The monoisotopic (exact) mass is 522 g/mol. The third-order valence-corrected chi connectivity index (χ3v) is 7.82. The van der Waals surface area contributed by atoms with Crippen LogP contribution in [0.1, 0.15) is 59.2 Å². The standard InChI is InChI=1S/C27H29BF2N4O4/c28-26(10-9-22(35)32-24(26)37)34-16-18-13-17(7-8-21(18)23(34)36)15-31-25(38)27(29,30)19-5-4-6-20(14-19)33-11-2-1-3-12-33/h4-8,13-14H,1-3,9-12,15-16,28H2,(H,31,38)(H,32,35,37)/t26-/m0/s1. The molecule has 3 aliphatic rings. The highest BCUT2D eigenvalue weighted by Crippen LogP contribution is 2.34. The Kier molecular flexibility index (Phi) is 6.71. The Morgan fingerprint density at radius 3 is 2.58 bits per heavy atom. The van der Waals surface area contributed by atoms with Crippen LogP contribution in [0.25, 0.3) is 0 Å². The fourth-order valence-electron chi connectivity index (χ4n) is 5.41. The van der Waals surface area contributed by atoms with Gasteiger partial charge in [0.1, 0.15) is 7.85 Å². The Morgan fingerprint density at radius 1 is 1.08 bits per heavy atom. The molecule has 0 aromatic heterocycles. The molecule has 4 amide bonds. The third-order valence-electron chi connectivity index (χ3n) is 7.82. The number of carbonyl (C=O) groups is 4. The second kappa shape index (κ2) is 9.85. The van der Waals surface area contributed by atoms with Gasteiger partial charge in [-0.1, -0.05) is 24.3 Å². The van der Waals surface area contributed by atoms with Gasteiger partial charge in [0, 0.05) is 49.4 Å². The Morgan fingerprint density at radius 2 is 1.84 bits per heavy atom. The molecule has 2 aromatic carbocycles. The van der Waals surface area contributed by atoms with E-state index in [0.29, 0.717) is 22.4 Å². The summed E-state index contributed by atoms with van der Waals surface area (Å²) in [5.74, 6) is -6.33. The molecule has 2 N–H and O–H groups in total. The Labute approximate surface area is 220 Å². The molecule has 0 aliphatic carbocycles. The zero-order chi connectivity index (χ0) is 27.1. The first-order valence-corrected chi connectivity index (χ1v) is 12.9. The topological polar surface area (TPSA) is 98.8 Å². The third kappa shape index (κ3) is 4.65. The molecular weight excluding hydrogens is 493 g/mol. The molecule has 11 heteroatoms. The number of carbonyl (C=O) groups excluding carboxylic acids is 4. The number of rotatable bonds is 6. The van der Waals surface area contributed by atoms with E-state index in [-0.39, 0.29) is 43.3 Å². The van der Waals surface area contributed by atoms with E-state index < -0.39 is 23.2 Å². The summed E-state index contributed by atoms with van der Waals surface area (Å²) >= 11 is 0. The van der Waals surface area contributed by atoms with Crippen molar-refractivity contribution < 1.29 is 28.0 Å². The molecule has 0 bridgehead atoms. The van der Waals surface area contributed by atoms with Crippen LogP contribution in [0.2, 0.25) is 0 Å². The predicted octanol–water partition coefficient (Wildman–Crippen LogP) is 1.81. The molecule has 198 valence electrons. The maximum atomic E-state index is 15.1. The minimum atomic E-state index is -3.71. The van der Waals surface area contributed by atoms with Crippen LogP contribution in [0.15, 0.2) is 42.5 Å². The number of benzene rings is 2. The molecule has 0 saturated carbocycles. The average Bonchev–Trinajstić information content (AvgIpc) is 3.26. The average molecular weight is 522 g/mol. The molecule has 1 atom stereocenters. The van der Waals surface area contributed by atoms with E-state index in [4.69, 9.17) is 0 Å². The molecule has 8 nitrogen and oxygen atoms in total. The van der Waals surface area contributed by atoms with E-state index >= 15 is 8.78 Å². The largest absolute Gasteiger partial charge is 0.372 e. The molecule has 2 aromatic rings. The Bertz CT molecular complexity index is 1310. The van der Waals surface area contributed by atoms with E-state index in [1.54, 1.807) is 38.2 Å². The lowest BCUT2D eigenvalue weighted by Crippen LogP contribution is -2.63. The fraction of sp³-hybridized carbons (Fsp3) is 0.407. The van der Waals surface area contributed by atoms with Crippen molar-refractivity contribution in [2.45, 2.75) is 56.6 Å². The van der Waals surface area contributed by atoms with E-state index in [9.17, 15) is 19.2 Å². The van der Waals surface area contributed by atoms with Crippen molar-refractivity contribution in [2.24, 2.45) is 0 Å². The number of hydrogen-bond acceptors (Lipinski definition) is 5. The van der Waals surface area contributed by atoms with Gasteiger partial charge in [-0.2, -0.15) is 8.78 Å².